The monoisotopic (exact) mass is 206 g/mol. The second-order valence-electron chi connectivity index (χ2n) is 3.50. The molecule has 0 aliphatic rings. The number of hydrogen-bond donors (Lipinski definition) is 0. The molecule has 1 aromatic carbocycles. The second kappa shape index (κ2) is 5.56. The van der Waals surface area contributed by atoms with Crippen LogP contribution in [0.4, 0.5) is 0 Å². The molecule has 0 fully saturated rings. The Balaban J connectivity index is 2.67. The SMILES string of the molecule is C=C(C)c1ccc(OC(CC)OC)cc1. The van der Waals surface area contributed by atoms with E-state index >= 15 is 0 Å². The summed E-state index contributed by atoms with van der Waals surface area (Å²) in [5, 5.41) is 0. The summed E-state index contributed by atoms with van der Waals surface area (Å²) in [6.45, 7) is 7.89. The molecule has 0 saturated carbocycles. The van der Waals surface area contributed by atoms with E-state index in [1.807, 2.05) is 38.1 Å². The quantitative estimate of drug-likeness (QED) is 0.687. The Labute approximate surface area is 91.5 Å². The van der Waals surface area contributed by atoms with Gasteiger partial charge in [-0.2, -0.15) is 0 Å². The van der Waals surface area contributed by atoms with E-state index in [1.54, 1.807) is 7.11 Å². The third-order valence-electron chi connectivity index (χ3n) is 2.21. The summed E-state index contributed by atoms with van der Waals surface area (Å²) in [7, 11) is 1.65. The highest BCUT2D eigenvalue weighted by atomic mass is 16.7. The minimum absolute atomic E-state index is 0.166. The van der Waals surface area contributed by atoms with Crippen LogP contribution in [-0.2, 0) is 4.74 Å². The van der Waals surface area contributed by atoms with Crippen LogP contribution in [-0.4, -0.2) is 13.4 Å². The zero-order valence-electron chi connectivity index (χ0n) is 9.62. The molecule has 82 valence electrons. The molecule has 0 amide bonds. The molecule has 0 radical (unpaired) electrons. The van der Waals surface area contributed by atoms with Gasteiger partial charge in [-0.05, 0) is 24.6 Å². The molecular formula is C13H18O2. The normalized spacial score (nSPS) is 12.2. The van der Waals surface area contributed by atoms with E-state index in [4.69, 9.17) is 9.47 Å². The Morgan fingerprint density at radius 2 is 1.93 bits per heavy atom. The number of hydrogen-bond acceptors (Lipinski definition) is 2. The third-order valence-corrected chi connectivity index (χ3v) is 2.21. The first-order valence-corrected chi connectivity index (χ1v) is 5.12. The first-order chi connectivity index (χ1) is 7.17. The fraction of sp³-hybridized carbons (Fsp3) is 0.385. The third kappa shape index (κ3) is 3.40. The van der Waals surface area contributed by atoms with Gasteiger partial charge >= 0.3 is 0 Å². The highest BCUT2D eigenvalue weighted by molar-refractivity contribution is 5.61. The number of rotatable bonds is 5. The smallest absolute Gasteiger partial charge is 0.199 e. The van der Waals surface area contributed by atoms with Crippen LogP contribution >= 0.6 is 0 Å². The highest BCUT2D eigenvalue weighted by Crippen LogP contribution is 2.18. The van der Waals surface area contributed by atoms with E-state index in [1.165, 1.54) is 0 Å². The Hall–Kier alpha value is -1.28. The zero-order valence-corrected chi connectivity index (χ0v) is 9.62. The van der Waals surface area contributed by atoms with Crippen molar-refractivity contribution in [1.29, 1.82) is 0 Å². The van der Waals surface area contributed by atoms with Gasteiger partial charge < -0.3 is 9.47 Å². The van der Waals surface area contributed by atoms with Crippen LogP contribution in [0.15, 0.2) is 30.8 Å². The van der Waals surface area contributed by atoms with Crippen molar-refractivity contribution in [1.82, 2.24) is 0 Å². The molecule has 2 heteroatoms. The van der Waals surface area contributed by atoms with E-state index < -0.39 is 0 Å². The van der Waals surface area contributed by atoms with E-state index in [-0.39, 0.29) is 6.29 Å². The molecule has 0 bridgehead atoms. The van der Waals surface area contributed by atoms with Gasteiger partial charge in [0.1, 0.15) is 5.75 Å². The predicted molar refractivity (Wildman–Crippen MR) is 62.9 cm³/mol. The van der Waals surface area contributed by atoms with E-state index in [0.717, 1.165) is 23.3 Å². The second-order valence-corrected chi connectivity index (χ2v) is 3.50. The molecular weight excluding hydrogens is 188 g/mol. The van der Waals surface area contributed by atoms with E-state index in [0.29, 0.717) is 0 Å². The average Bonchev–Trinajstić information content (AvgIpc) is 2.26. The minimum Gasteiger partial charge on any atom is -0.465 e. The van der Waals surface area contributed by atoms with Gasteiger partial charge in [-0.25, -0.2) is 0 Å². The number of methoxy groups -OCH3 is 1. The standard InChI is InChI=1S/C13H18O2/c1-5-13(14-4)15-12-8-6-11(7-9-12)10(2)3/h6-9,13H,2,5H2,1,3-4H3. The van der Waals surface area contributed by atoms with Crippen LogP contribution in [0.2, 0.25) is 0 Å². The molecule has 1 rings (SSSR count). The maximum Gasteiger partial charge on any atom is 0.199 e. The lowest BCUT2D eigenvalue weighted by Gasteiger charge is -2.15. The summed E-state index contributed by atoms with van der Waals surface area (Å²) in [6, 6.07) is 7.87. The van der Waals surface area contributed by atoms with Crippen LogP contribution in [0.1, 0.15) is 25.8 Å². The zero-order chi connectivity index (χ0) is 11.3. The number of benzene rings is 1. The van der Waals surface area contributed by atoms with Crippen LogP contribution < -0.4 is 4.74 Å². The summed E-state index contributed by atoms with van der Waals surface area (Å²) < 4.78 is 10.7. The lowest BCUT2D eigenvalue weighted by atomic mass is 10.1. The summed E-state index contributed by atoms with van der Waals surface area (Å²) >= 11 is 0. The fourth-order valence-corrected chi connectivity index (χ4v) is 1.27. The summed E-state index contributed by atoms with van der Waals surface area (Å²) in [5.41, 5.74) is 2.19. The van der Waals surface area contributed by atoms with Gasteiger partial charge in [-0.15, -0.1) is 0 Å². The molecule has 0 N–H and O–H groups in total. The maximum atomic E-state index is 5.60. The van der Waals surface area contributed by atoms with Crippen molar-refractivity contribution in [3.05, 3.63) is 36.4 Å². The van der Waals surface area contributed by atoms with Gasteiger partial charge in [0.2, 0.25) is 0 Å². The van der Waals surface area contributed by atoms with Crippen molar-refractivity contribution in [2.24, 2.45) is 0 Å². The molecule has 0 aromatic heterocycles. The molecule has 0 heterocycles. The lowest BCUT2D eigenvalue weighted by molar-refractivity contribution is -0.0548. The lowest BCUT2D eigenvalue weighted by Crippen LogP contribution is -2.17. The van der Waals surface area contributed by atoms with Gasteiger partial charge in [0.05, 0.1) is 0 Å². The first kappa shape index (κ1) is 11.8. The molecule has 0 saturated heterocycles. The molecule has 1 unspecified atom stereocenters. The van der Waals surface area contributed by atoms with Crippen molar-refractivity contribution >= 4 is 5.57 Å². The van der Waals surface area contributed by atoms with Crippen LogP contribution in [0, 0.1) is 0 Å². The molecule has 0 aliphatic carbocycles. The largest absolute Gasteiger partial charge is 0.465 e. The summed E-state index contributed by atoms with van der Waals surface area (Å²) in [6.07, 6.45) is 0.666. The molecule has 1 atom stereocenters. The van der Waals surface area contributed by atoms with Crippen molar-refractivity contribution in [3.63, 3.8) is 0 Å². The van der Waals surface area contributed by atoms with Crippen molar-refractivity contribution in [3.8, 4) is 5.75 Å². The predicted octanol–water partition coefficient (Wildman–Crippen LogP) is 3.48. The van der Waals surface area contributed by atoms with E-state index in [2.05, 4.69) is 6.58 Å². The van der Waals surface area contributed by atoms with Crippen LogP contribution in [0.3, 0.4) is 0 Å². The van der Waals surface area contributed by atoms with Gasteiger partial charge in [-0.1, -0.05) is 31.2 Å². The highest BCUT2D eigenvalue weighted by Gasteiger charge is 2.05. The summed E-state index contributed by atoms with van der Waals surface area (Å²) in [5.74, 6) is 0.828. The number of ether oxygens (including phenoxy) is 2. The molecule has 0 aliphatic heterocycles. The maximum absolute atomic E-state index is 5.60. The Morgan fingerprint density at radius 3 is 2.33 bits per heavy atom. The Morgan fingerprint density at radius 1 is 1.33 bits per heavy atom. The molecule has 0 spiro atoms. The molecule has 2 nitrogen and oxygen atoms in total. The minimum atomic E-state index is -0.166. The van der Waals surface area contributed by atoms with Crippen molar-refractivity contribution in [2.75, 3.05) is 7.11 Å². The average molecular weight is 206 g/mol. The Kier molecular flexibility index (Phi) is 4.37. The fourth-order valence-electron chi connectivity index (χ4n) is 1.27. The molecule has 1 aromatic rings. The van der Waals surface area contributed by atoms with Crippen molar-refractivity contribution < 1.29 is 9.47 Å². The van der Waals surface area contributed by atoms with Gasteiger partial charge in [0.25, 0.3) is 0 Å². The number of allylic oxidation sites excluding steroid dienone is 1. The van der Waals surface area contributed by atoms with E-state index in [9.17, 15) is 0 Å². The van der Waals surface area contributed by atoms with Crippen LogP contribution in [0.25, 0.3) is 5.57 Å². The van der Waals surface area contributed by atoms with Crippen molar-refractivity contribution in [2.45, 2.75) is 26.6 Å². The van der Waals surface area contributed by atoms with Gasteiger partial charge in [0.15, 0.2) is 6.29 Å². The topological polar surface area (TPSA) is 18.5 Å². The van der Waals surface area contributed by atoms with Crippen LogP contribution in [0.5, 0.6) is 5.75 Å². The van der Waals surface area contributed by atoms with Gasteiger partial charge in [0, 0.05) is 13.5 Å². The summed E-state index contributed by atoms with van der Waals surface area (Å²) in [4.78, 5) is 0. The van der Waals surface area contributed by atoms with Gasteiger partial charge in [-0.3, -0.25) is 0 Å². The Bertz CT molecular complexity index is 310. The molecule has 15 heavy (non-hydrogen) atoms. The first-order valence-electron chi connectivity index (χ1n) is 5.12.